The molecular weight excluding hydrogens is 267 g/mol. The summed E-state index contributed by atoms with van der Waals surface area (Å²) in [7, 11) is 0. The largest absolute Gasteiger partial charge is 0.389 e. The SMILES string of the molecule is C[C@@H](O)c1cn(-c2ccccc2)nc1-c1ccc(F)cc1. The molecule has 1 aromatic heterocycles. The summed E-state index contributed by atoms with van der Waals surface area (Å²) >= 11 is 0. The van der Waals surface area contributed by atoms with Crippen molar-refractivity contribution < 1.29 is 9.50 Å². The van der Waals surface area contributed by atoms with Gasteiger partial charge in [0.25, 0.3) is 0 Å². The van der Waals surface area contributed by atoms with Gasteiger partial charge < -0.3 is 5.11 Å². The van der Waals surface area contributed by atoms with Crippen molar-refractivity contribution in [3.63, 3.8) is 0 Å². The fraction of sp³-hybridized carbons (Fsp3) is 0.118. The highest BCUT2D eigenvalue weighted by atomic mass is 19.1. The Kier molecular flexibility index (Phi) is 3.54. The van der Waals surface area contributed by atoms with Gasteiger partial charge in [0.05, 0.1) is 17.5 Å². The minimum absolute atomic E-state index is 0.292. The predicted molar refractivity (Wildman–Crippen MR) is 79.6 cm³/mol. The second kappa shape index (κ2) is 5.50. The van der Waals surface area contributed by atoms with Gasteiger partial charge in [-0.3, -0.25) is 0 Å². The standard InChI is InChI=1S/C17H15FN2O/c1-12(21)16-11-20(15-5-3-2-4-6-15)19-17(16)13-7-9-14(18)10-8-13/h2-12,21H,1H3/t12-/m1/s1. The van der Waals surface area contributed by atoms with Crippen LogP contribution in [0, 0.1) is 5.82 Å². The molecule has 4 heteroatoms. The number of halogens is 1. The van der Waals surface area contributed by atoms with Gasteiger partial charge in [0.2, 0.25) is 0 Å². The van der Waals surface area contributed by atoms with Crippen LogP contribution < -0.4 is 0 Å². The fourth-order valence-electron chi connectivity index (χ4n) is 2.24. The third-order valence-electron chi connectivity index (χ3n) is 3.33. The molecule has 0 unspecified atom stereocenters. The molecule has 3 rings (SSSR count). The van der Waals surface area contributed by atoms with E-state index in [1.165, 1.54) is 12.1 Å². The highest BCUT2D eigenvalue weighted by Gasteiger charge is 2.15. The molecule has 3 aromatic rings. The average molecular weight is 282 g/mol. The summed E-state index contributed by atoms with van der Waals surface area (Å²) in [6, 6.07) is 15.8. The number of aromatic nitrogens is 2. The lowest BCUT2D eigenvalue weighted by Crippen LogP contribution is -1.94. The topological polar surface area (TPSA) is 38.0 Å². The zero-order valence-electron chi connectivity index (χ0n) is 11.6. The first-order valence-electron chi connectivity index (χ1n) is 6.74. The molecule has 21 heavy (non-hydrogen) atoms. The van der Waals surface area contributed by atoms with Crippen molar-refractivity contribution in [2.75, 3.05) is 0 Å². The molecule has 2 aromatic carbocycles. The van der Waals surface area contributed by atoms with Crippen LogP contribution in [0.3, 0.4) is 0 Å². The van der Waals surface area contributed by atoms with E-state index < -0.39 is 6.10 Å². The van der Waals surface area contributed by atoms with Crippen LogP contribution in [0.15, 0.2) is 60.8 Å². The molecule has 0 fully saturated rings. The Morgan fingerprint density at radius 1 is 1.05 bits per heavy atom. The summed E-state index contributed by atoms with van der Waals surface area (Å²) in [4.78, 5) is 0. The van der Waals surface area contributed by atoms with Crippen LogP contribution in [0.4, 0.5) is 4.39 Å². The number of rotatable bonds is 3. The Balaban J connectivity index is 2.11. The Labute approximate surface area is 122 Å². The molecular formula is C17H15FN2O. The average Bonchev–Trinajstić information content (AvgIpc) is 2.94. The second-order valence-electron chi connectivity index (χ2n) is 4.90. The van der Waals surface area contributed by atoms with Gasteiger partial charge in [-0.2, -0.15) is 5.10 Å². The van der Waals surface area contributed by atoms with E-state index >= 15 is 0 Å². The first kappa shape index (κ1) is 13.5. The smallest absolute Gasteiger partial charge is 0.123 e. The van der Waals surface area contributed by atoms with Crippen molar-refractivity contribution in [2.45, 2.75) is 13.0 Å². The van der Waals surface area contributed by atoms with E-state index in [2.05, 4.69) is 5.10 Å². The molecule has 3 nitrogen and oxygen atoms in total. The molecule has 0 aliphatic heterocycles. The number of aliphatic hydroxyl groups excluding tert-OH is 1. The summed E-state index contributed by atoms with van der Waals surface area (Å²) in [6.45, 7) is 1.69. The van der Waals surface area contributed by atoms with Crippen molar-refractivity contribution >= 4 is 0 Å². The van der Waals surface area contributed by atoms with Crippen molar-refractivity contribution in [1.82, 2.24) is 9.78 Å². The summed E-state index contributed by atoms with van der Waals surface area (Å²) in [5, 5.41) is 14.5. The lowest BCUT2D eigenvalue weighted by atomic mass is 10.1. The Hall–Kier alpha value is -2.46. The lowest BCUT2D eigenvalue weighted by molar-refractivity contribution is 0.200. The van der Waals surface area contributed by atoms with Gasteiger partial charge in [-0.05, 0) is 43.3 Å². The highest BCUT2D eigenvalue weighted by molar-refractivity contribution is 5.63. The summed E-state index contributed by atoms with van der Waals surface area (Å²) in [6.07, 6.45) is 1.15. The first-order valence-corrected chi connectivity index (χ1v) is 6.74. The van der Waals surface area contributed by atoms with Crippen LogP contribution in [-0.2, 0) is 0 Å². The number of hydrogen-bond donors (Lipinski definition) is 1. The third kappa shape index (κ3) is 2.71. The van der Waals surface area contributed by atoms with Crippen molar-refractivity contribution in [1.29, 1.82) is 0 Å². The number of benzene rings is 2. The number of hydrogen-bond acceptors (Lipinski definition) is 2. The molecule has 1 N–H and O–H groups in total. The molecule has 0 bridgehead atoms. The maximum Gasteiger partial charge on any atom is 0.123 e. The van der Waals surface area contributed by atoms with E-state index in [1.54, 1.807) is 29.9 Å². The van der Waals surface area contributed by atoms with Gasteiger partial charge in [0, 0.05) is 17.3 Å². The molecule has 0 aliphatic carbocycles. The zero-order valence-corrected chi connectivity index (χ0v) is 11.6. The van der Waals surface area contributed by atoms with Crippen molar-refractivity contribution in [3.05, 3.63) is 72.2 Å². The van der Waals surface area contributed by atoms with Gasteiger partial charge >= 0.3 is 0 Å². The normalized spacial score (nSPS) is 12.3. The van der Waals surface area contributed by atoms with E-state index in [0.29, 0.717) is 11.3 Å². The van der Waals surface area contributed by atoms with Crippen molar-refractivity contribution in [2.24, 2.45) is 0 Å². The van der Waals surface area contributed by atoms with Gasteiger partial charge in [0.15, 0.2) is 0 Å². The molecule has 106 valence electrons. The van der Waals surface area contributed by atoms with Gasteiger partial charge in [-0.1, -0.05) is 18.2 Å². The van der Waals surface area contributed by atoms with E-state index in [4.69, 9.17) is 0 Å². The van der Waals surface area contributed by atoms with Crippen molar-refractivity contribution in [3.8, 4) is 16.9 Å². The minimum atomic E-state index is -0.650. The minimum Gasteiger partial charge on any atom is -0.389 e. The molecule has 1 heterocycles. The number of nitrogens with zero attached hydrogens (tertiary/aromatic N) is 2. The van der Waals surface area contributed by atoms with Gasteiger partial charge in [-0.25, -0.2) is 9.07 Å². The summed E-state index contributed by atoms with van der Waals surface area (Å²) in [5.74, 6) is -0.292. The highest BCUT2D eigenvalue weighted by Crippen LogP contribution is 2.28. The van der Waals surface area contributed by atoms with E-state index in [9.17, 15) is 9.50 Å². The van der Waals surface area contributed by atoms with Crippen LogP contribution in [0.5, 0.6) is 0 Å². The lowest BCUT2D eigenvalue weighted by Gasteiger charge is -2.04. The maximum atomic E-state index is 13.1. The van der Waals surface area contributed by atoms with Crippen LogP contribution in [0.1, 0.15) is 18.6 Å². The Bertz CT molecular complexity index is 733. The molecule has 0 amide bonds. The fourth-order valence-corrected chi connectivity index (χ4v) is 2.24. The first-order chi connectivity index (χ1) is 10.1. The molecule has 1 atom stereocenters. The summed E-state index contributed by atoms with van der Waals surface area (Å²) in [5.41, 5.74) is 3.06. The predicted octanol–water partition coefficient (Wildman–Crippen LogP) is 3.73. The quantitative estimate of drug-likeness (QED) is 0.795. The summed E-state index contributed by atoms with van der Waals surface area (Å²) < 4.78 is 14.8. The van der Waals surface area contributed by atoms with Crippen LogP contribution in [0.2, 0.25) is 0 Å². The number of para-hydroxylation sites is 1. The van der Waals surface area contributed by atoms with Crippen LogP contribution in [-0.4, -0.2) is 14.9 Å². The molecule has 0 saturated heterocycles. The van der Waals surface area contributed by atoms with Crippen LogP contribution in [0.25, 0.3) is 16.9 Å². The third-order valence-corrected chi connectivity index (χ3v) is 3.33. The zero-order chi connectivity index (χ0) is 14.8. The van der Waals surface area contributed by atoms with Gasteiger partial charge in [0.1, 0.15) is 5.82 Å². The van der Waals surface area contributed by atoms with Crippen LogP contribution >= 0.6 is 0 Å². The van der Waals surface area contributed by atoms with Gasteiger partial charge in [-0.15, -0.1) is 0 Å². The Morgan fingerprint density at radius 2 is 1.71 bits per heavy atom. The Morgan fingerprint density at radius 3 is 2.33 bits per heavy atom. The van der Waals surface area contributed by atoms with E-state index in [0.717, 1.165) is 11.3 Å². The maximum absolute atomic E-state index is 13.1. The second-order valence-corrected chi connectivity index (χ2v) is 4.90. The monoisotopic (exact) mass is 282 g/mol. The van der Waals surface area contributed by atoms with E-state index in [1.807, 2.05) is 30.3 Å². The number of aliphatic hydroxyl groups is 1. The molecule has 0 saturated carbocycles. The molecule has 0 spiro atoms. The molecule has 0 aliphatic rings. The van der Waals surface area contributed by atoms with E-state index in [-0.39, 0.29) is 5.82 Å². The molecule has 0 radical (unpaired) electrons.